The second-order valence-corrected chi connectivity index (χ2v) is 10.0. The van der Waals surface area contributed by atoms with E-state index in [9.17, 15) is 13.2 Å². The number of nitrogens with one attached hydrogen (secondary N) is 1. The van der Waals surface area contributed by atoms with Crippen LogP contribution in [-0.4, -0.2) is 44.9 Å². The third kappa shape index (κ3) is 5.36. The van der Waals surface area contributed by atoms with Gasteiger partial charge in [-0.15, -0.1) is 0 Å². The number of hydrogen-bond donors (Lipinski definition) is 1. The second kappa shape index (κ2) is 10.6. The predicted octanol–water partition coefficient (Wildman–Crippen LogP) is 4.24. The van der Waals surface area contributed by atoms with E-state index in [1.807, 2.05) is 13.8 Å². The molecule has 0 saturated carbocycles. The van der Waals surface area contributed by atoms with E-state index >= 15 is 0 Å². The highest BCUT2D eigenvalue weighted by Crippen LogP contribution is 2.36. The minimum atomic E-state index is -3.65. The van der Waals surface area contributed by atoms with Crippen LogP contribution in [0.25, 0.3) is 0 Å². The van der Waals surface area contributed by atoms with Gasteiger partial charge in [-0.05, 0) is 62.6 Å². The molecule has 1 amide bonds. The molecule has 1 atom stereocenters. The summed E-state index contributed by atoms with van der Waals surface area (Å²) in [7, 11) is -2.13. The first-order valence-electron chi connectivity index (χ1n) is 10.7. The number of piperidine rings is 1. The summed E-state index contributed by atoms with van der Waals surface area (Å²) in [6.07, 6.45) is 2.71. The number of sulfonamides is 1. The molecule has 1 unspecified atom stereocenters. The largest absolute Gasteiger partial charge is 0.493 e. The lowest BCUT2D eigenvalue weighted by Crippen LogP contribution is -2.42. The van der Waals surface area contributed by atoms with Gasteiger partial charge in [-0.1, -0.05) is 24.1 Å². The van der Waals surface area contributed by atoms with E-state index < -0.39 is 10.0 Å². The van der Waals surface area contributed by atoms with Gasteiger partial charge < -0.3 is 14.8 Å². The fraction of sp³-hybridized carbons (Fsp3) is 0.435. The SMILES string of the molecule is CCOc1c(Cl)cc(CNC(=O)c2cccc(S(=O)(=O)N3CCCCC3C)c2)cc1OC. The zero-order valence-corrected chi connectivity index (χ0v) is 20.1. The highest BCUT2D eigenvalue weighted by atomic mass is 35.5. The molecule has 0 aromatic heterocycles. The van der Waals surface area contributed by atoms with Crippen LogP contribution in [0.5, 0.6) is 11.5 Å². The van der Waals surface area contributed by atoms with Crippen LogP contribution in [0.15, 0.2) is 41.3 Å². The van der Waals surface area contributed by atoms with Gasteiger partial charge in [0, 0.05) is 24.7 Å². The number of carbonyl (C=O) groups excluding carboxylic acids is 1. The first-order chi connectivity index (χ1) is 15.3. The average Bonchev–Trinajstić information content (AvgIpc) is 2.79. The Morgan fingerprint density at radius 1 is 1.25 bits per heavy atom. The molecule has 0 spiro atoms. The maximum absolute atomic E-state index is 13.1. The Morgan fingerprint density at radius 2 is 2.03 bits per heavy atom. The van der Waals surface area contributed by atoms with Crippen molar-refractivity contribution in [2.75, 3.05) is 20.3 Å². The van der Waals surface area contributed by atoms with Crippen LogP contribution < -0.4 is 14.8 Å². The predicted molar refractivity (Wildman–Crippen MR) is 124 cm³/mol. The first kappa shape index (κ1) is 24.4. The Labute approximate surface area is 194 Å². The van der Waals surface area contributed by atoms with Crippen molar-refractivity contribution in [3.05, 3.63) is 52.5 Å². The fourth-order valence-corrected chi connectivity index (χ4v) is 5.84. The first-order valence-corrected chi connectivity index (χ1v) is 12.5. The van der Waals surface area contributed by atoms with Crippen molar-refractivity contribution in [3.63, 3.8) is 0 Å². The highest BCUT2D eigenvalue weighted by molar-refractivity contribution is 7.89. The molecule has 1 N–H and O–H groups in total. The lowest BCUT2D eigenvalue weighted by Gasteiger charge is -2.32. The van der Waals surface area contributed by atoms with E-state index in [1.165, 1.54) is 23.5 Å². The molecule has 1 aliphatic rings. The smallest absolute Gasteiger partial charge is 0.251 e. The van der Waals surface area contributed by atoms with E-state index in [4.69, 9.17) is 21.1 Å². The van der Waals surface area contributed by atoms with Crippen molar-refractivity contribution in [3.8, 4) is 11.5 Å². The van der Waals surface area contributed by atoms with Crippen LogP contribution in [0.3, 0.4) is 0 Å². The maximum atomic E-state index is 13.1. The van der Waals surface area contributed by atoms with Crippen molar-refractivity contribution < 1.29 is 22.7 Å². The van der Waals surface area contributed by atoms with Gasteiger partial charge in [-0.3, -0.25) is 4.79 Å². The number of halogens is 1. The number of rotatable bonds is 8. The molecular formula is C23H29ClN2O5S. The molecule has 9 heteroatoms. The van der Waals surface area contributed by atoms with Gasteiger partial charge in [0.15, 0.2) is 11.5 Å². The lowest BCUT2D eigenvalue weighted by molar-refractivity contribution is 0.0950. The minimum absolute atomic E-state index is 0.0504. The number of methoxy groups -OCH3 is 1. The highest BCUT2D eigenvalue weighted by Gasteiger charge is 2.31. The van der Waals surface area contributed by atoms with Gasteiger partial charge in [-0.25, -0.2) is 8.42 Å². The lowest BCUT2D eigenvalue weighted by atomic mass is 10.1. The van der Waals surface area contributed by atoms with Crippen molar-refractivity contribution >= 4 is 27.5 Å². The number of ether oxygens (including phenoxy) is 2. The molecule has 3 rings (SSSR count). The van der Waals surface area contributed by atoms with Gasteiger partial charge in [-0.2, -0.15) is 4.31 Å². The molecule has 1 fully saturated rings. The quantitative estimate of drug-likeness (QED) is 0.610. The van der Waals surface area contributed by atoms with Crippen molar-refractivity contribution in [2.45, 2.75) is 50.6 Å². The van der Waals surface area contributed by atoms with Gasteiger partial charge in [0.1, 0.15) is 0 Å². The summed E-state index contributed by atoms with van der Waals surface area (Å²) < 4.78 is 38.6. The molecule has 1 saturated heterocycles. The van der Waals surface area contributed by atoms with E-state index in [0.717, 1.165) is 24.8 Å². The monoisotopic (exact) mass is 480 g/mol. The number of nitrogens with zero attached hydrogens (tertiary/aromatic N) is 1. The van der Waals surface area contributed by atoms with Gasteiger partial charge in [0.05, 0.1) is 23.6 Å². The van der Waals surface area contributed by atoms with E-state index in [0.29, 0.717) is 29.7 Å². The van der Waals surface area contributed by atoms with E-state index in [-0.39, 0.29) is 29.0 Å². The molecule has 0 bridgehead atoms. The van der Waals surface area contributed by atoms with Crippen LogP contribution in [0.4, 0.5) is 0 Å². The molecule has 1 heterocycles. The van der Waals surface area contributed by atoms with Gasteiger partial charge in [0.2, 0.25) is 10.0 Å². The zero-order valence-electron chi connectivity index (χ0n) is 18.6. The van der Waals surface area contributed by atoms with E-state index in [2.05, 4.69) is 5.32 Å². The third-order valence-corrected chi connectivity index (χ3v) is 7.77. The van der Waals surface area contributed by atoms with Crippen molar-refractivity contribution in [2.24, 2.45) is 0 Å². The summed E-state index contributed by atoms with van der Waals surface area (Å²) in [4.78, 5) is 12.9. The summed E-state index contributed by atoms with van der Waals surface area (Å²) >= 11 is 6.29. The summed E-state index contributed by atoms with van der Waals surface area (Å²) in [5, 5.41) is 3.20. The molecule has 2 aromatic carbocycles. The molecular weight excluding hydrogens is 452 g/mol. The Balaban J connectivity index is 1.75. The normalized spacial score (nSPS) is 17.1. The zero-order chi connectivity index (χ0) is 23.3. The van der Waals surface area contributed by atoms with Gasteiger partial charge in [0.25, 0.3) is 5.91 Å². The van der Waals surface area contributed by atoms with Crippen molar-refractivity contribution in [1.82, 2.24) is 9.62 Å². The molecule has 1 aliphatic heterocycles. The van der Waals surface area contributed by atoms with Gasteiger partial charge >= 0.3 is 0 Å². The summed E-state index contributed by atoms with van der Waals surface area (Å²) in [5.41, 5.74) is 1.01. The van der Waals surface area contributed by atoms with E-state index in [1.54, 1.807) is 24.3 Å². The fourth-order valence-electron chi connectivity index (χ4n) is 3.81. The van der Waals surface area contributed by atoms with Crippen LogP contribution in [0.2, 0.25) is 5.02 Å². The van der Waals surface area contributed by atoms with Crippen LogP contribution in [0.1, 0.15) is 49.0 Å². The Hall–Kier alpha value is -2.29. The molecule has 32 heavy (non-hydrogen) atoms. The number of hydrogen-bond acceptors (Lipinski definition) is 5. The number of amides is 1. The molecule has 2 aromatic rings. The number of benzene rings is 2. The topological polar surface area (TPSA) is 84.9 Å². The summed E-state index contributed by atoms with van der Waals surface area (Å²) in [6.45, 7) is 4.91. The third-order valence-electron chi connectivity index (χ3n) is 5.48. The molecule has 0 radical (unpaired) electrons. The summed E-state index contributed by atoms with van der Waals surface area (Å²) in [5.74, 6) is 0.557. The Kier molecular flexibility index (Phi) is 8.03. The average molecular weight is 481 g/mol. The molecule has 7 nitrogen and oxygen atoms in total. The number of carbonyl (C=O) groups is 1. The minimum Gasteiger partial charge on any atom is -0.493 e. The Bertz CT molecular complexity index is 1070. The van der Waals surface area contributed by atoms with Crippen LogP contribution >= 0.6 is 11.6 Å². The summed E-state index contributed by atoms with van der Waals surface area (Å²) in [6, 6.07) is 9.55. The maximum Gasteiger partial charge on any atom is 0.251 e. The standard InChI is InChI=1S/C23H29ClN2O5S/c1-4-31-22-20(24)12-17(13-21(22)30-3)15-25-23(27)18-9-7-10-19(14-18)32(28,29)26-11-6-5-8-16(26)2/h7,9-10,12-14,16H,4-6,8,11,15H2,1-3H3,(H,25,27). The molecule has 174 valence electrons. The van der Waals surface area contributed by atoms with Crippen molar-refractivity contribution in [1.29, 1.82) is 0 Å². The Morgan fingerprint density at radius 3 is 2.72 bits per heavy atom. The second-order valence-electron chi connectivity index (χ2n) is 7.71. The molecule has 0 aliphatic carbocycles. The van der Waals surface area contributed by atoms with Crippen LogP contribution in [0, 0.1) is 0 Å². The van der Waals surface area contributed by atoms with Crippen LogP contribution in [-0.2, 0) is 16.6 Å².